The van der Waals surface area contributed by atoms with Crippen LogP contribution in [0.1, 0.15) is 42.2 Å². The smallest absolute Gasteiger partial charge is 0.308 e. The minimum atomic E-state index is -0.537. The Morgan fingerprint density at radius 1 is 1.07 bits per heavy atom. The Balaban J connectivity index is 1.76. The monoisotopic (exact) mass is 408 g/mol. The molecule has 0 saturated heterocycles. The van der Waals surface area contributed by atoms with Gasteiger partial charge in [0.1, 0.15) is 18.4 Å². The number of carbonyl (C=O) groups excluding carboxylic acids is 2. The van der Waals surface area contributed by atoms with Crippen molar-refractivity contribution in [3.05, 3.63) is 72.3 Å². The Morgan fingerprint density at radius 2 is 1.77 bits per heavy atom. The molecule has 30 heavy (non-hydrogen) atoms. The molecule has 0 saturated carbocycles. The lowest BCUT2D eigenvalue weighted by Gasteiger charge is -2.20. The van der Waals surface area contributed by atoms with Crippen LogP contribution in [0, 0.1) is 0 Å². The third-order valence-electron chi connectivity index (χ3n) is 4.37. The summed E-state index contributed by atoms with van der Waals surface area (Å²) in [5.74, 6) is 0.0169. The minimum Gasteiger partial charge on any atom is -0.497 e. The van der Waals surface area contributed by atoms with E-state index in [1.165, 1.54) is 6.33 Å². The van der Waals surface area contributed by atoms with Crippen LogP contribution in [0.25, 0.3) is 5.69 Å². The molecule has 0 bridgehead atoms. The summed E-state index contributed by atoms with van der Waals surface area (Å²) in [6.07, 6.45) is 2.81. The van der Waals surface area contributed by atoms with E-state index in [1.54, 1.807) is 68.4 Å². The number of aromatic nitrogens is 3. The predicted octanol–water partition coefficient (Wildman–Crippen LogP) is 3.09. The van der Waals surface area contributed by atoms with E-state index in [9.17, 15) is 9.59 Å². The first-order chi connectivity index (χ1) is 14.5. The van der Waals surface area contributed by atoms with Gasteiger partial charge in [-0.05, 0) is 55.8 Å². The lowest BCUT2D eigenvalue weighted by atomic mass is 10.0. The Morgan fingerprint density at radius 3 is 2.33 bits per heavy atom. The van der Waals surface area contributed by atoms with Crippen LogP contribution in [0.2, 0.25) is 0 Å². The van der Waals surface area contributed by atoms with Crippen molar-refractivity contribution in [1.29, 1.82) is 0 Å². The van der Waals surface area contributed by atoms with E-state index in [2.05, 4.69) is 15.4 Å². The van der Waals surface area contributed by atoms with Gasteiger partial charge in [-0.3, -0.25) is 9.59 Å². The summed E-state index contributed by atoms with van der Waals surface area (Å²) in [5, 5.41) is 6.99. The first-order valence-corrected chi connectivity index (χ1v) is 9.55. The van der Waals surface area contributed by atoms with Gasteiger partial charge < -0.3 is 14.8 Å². The van der Waals surface area contributed by atoms with Gasteiger partial charge in [-0.15, -0.1) is 0 Å². The number of hydrogen-bond acceptors (Lipinski definition) is 6. The molecule has 0 aliphatic carbocycles. The van der Waals surface area contributed by atoms with Crippen LogP contribution in [-0.2, 0) is 9.53 Å². The van der Waals surface area contributed by atoms with Crippen molar-refractivity contribution in [2.24, 2.45) is 0 Å². The number of nitrogens with zero attached hydrogens (tertiary/aromatic N) is 3. The van der Waals surface area contributed by atoms with E-state index >= 15 is 0 Å². The molecule has 3 rings (SSSR count). The van der Waals surface area contributed by atoms with E-state index < -0.39 is 6.04 Å². The third-order valence-corrected chi connectivity index (χ3v) is 4.37. The summed E-state index contributed by atoms with van der Waals surface area (Å²) in [4.78, 5) is 29.0. The van der Waals surface area contributed by atoms with E-state index in [1.807, 2.05) is 12.1 Å². The molecule has 2 aromatic carbocycles. The molecular weight excluding hydrogens is 384 g/mol. The highest BCUT2D eigenvalue weighted by Crippen LogP contribution is 2.22. The maximum atomic E-state index is 12.8. The van der Waals surface area contributed by atoms with Crippen molar-refractivity contribution in [1.82, 2.24) is 20.1 Å². The molecule has 8 nitrogen and oxygen atoms in total. The lowest BCUT2D eigenvalue weighted by molar-refractivity contribution is -0.147. The van der Waals surface area contributed by atoms with Gasteiger partial charge in [0.05, 0.1) is 31.4 Å². The molecule has 1 atom stereocenters. The average molecular weight is 408 g/mol. The van der Waals surface area contributed by atoms with Crippen LogP contribution in [0.15, 0.2) is 61.2 Å². The van der Waals surface area contributed by atoms with E-state index in [4.69, 9.17) is 9.47 Å². The van der Waals surface area contributed by atoms with Gasteiger partial charge >= 0.3 is 5.97 Å². The molecule has 0 aliphatic heterocycles. The van der Waals surface area contributed by atoms with Crippen LogP contribution in [0.5, 0.6) is 5.75 Å². The van der Waals surface area contributed by atoms with E-state index in [-0.39, 0.29) is 24.4 Å². The van der Waals surface area contributed by atoms with Gasteiger partial charge in [-0.2, -0.15) is 5.10 Å². The Kier molecular flexibility index (Phi) is 6.79. The highest BCUT2D eigenvalue weighted by molar-refractivity contribution is 5.94. The zero-order valence-corrected chi connectivity index (χ0v) is 17.1. The normalized spacial score (nSPS) is 11.7. The van der Waals surface area contributed by atoms with E-state index in [0.29, 0.717) is 11.3 Å². The fourth-order valence-electron chi connectivity index (χ4n) is 2.91. The second-order valence-electron chi connectivity index (χ2n) is 6.93. The van der Waals surface area contributed by atoms with Gasteiger partial charge in [0.15, 0.2) is 0 Å². The second kappa shape index (κ2) is 9.69. The molecule has 0 unspecified atom stereocenters. The lowest BCUT2D eigenvalue weighted by Crippen LogP contribution is -2.31. The summed E-state index contributed by atoms with van der Waals surface area (Å²) in [5.41, 5.74) is 2.04. The van der Waals surface area contributed by atoms with Gasteiger partial charge in [-0.1, -0.05) is 12.1 Å². The molecule has 8 heteroatoms. The quantitative estimate of drug-likeness (QED) is 0.576. The fourth-order valence-corrected chi connectivity index (χ4v) is 2.91. The molecule has 0 fully saturated rings. The Labute approximate surface area is 174 Å². The first-order valence-electron chi connectivity index (χ1n) is 9.55. The summed E-state index contributed by atoms with van der Waals surface area (Å²) < 4.78 is 12.0. The van der Waals surface area contributed by atoms with Gasteiger partial charge in [0, 0.05) is 5.56 Å². The number of benzene rings is 2. The number of amides is 1. The molecule has 156 valence electrons. The number of nitrogens with one attached hydrogen (secondary N) is 1. The fraction of sp³-hybridized carbons (Fsp3) is 0.273. The predicted molar refractivity (Wildman–Crippen MR) is 110 cm³/mol. The number of esters is 1. The Bertz CT molecular complexity index is 967. The van der Waals surface area contributed by atoms with Crippen LogP contribution >= 0.6 is 0 Å². The molecule has 1 N–H and O–H groups in total. The maximum Gasteiger partial charge on any atom is 0.308 e. The summed E-state index contributed by atoms with van der Waals surface area (Å²) in [7, 11) is 1.58. The van der Waals surface area contributed by atoms with Crippen molar-refractivity contribution in [3.63, 3.8) is 0 Å². The first kappa shape index (κ1) is 21.0. The number of methoxy groups -OCH3 is 1. The number of rotatable bonds is 8. The number of hydrogen-bond donors (Lipinski definition) is 1. The van der Waals surface area contributed by atoms with Gasteiger partial charge in [0.25, 0.3) is 5.91 Å². The molecule has 0 radical (unpaired) electrons. The highest BCUT2D eigenvalue weighted by Gasteiger charge is 2.21. The van der Waals surface area contributed by atoms with Crippen molar-refractivity contribution in [2.45, 2.75) is 32.4 Å². The number of ether oxygens (including phenoxy) is 2. The average Bonchev–Trinajstić information content (AvgIpc) is 3.28. The zero-order valence-electron chi connectivity index (χ0n) is 17.1. The SMILES string of the molecule is COc1ccc([C@@H](CC(=O)OC(C)C)NC(=O)c2ccc(-n3cncn3)cc2)cc1. The van der Waals surface area contributed by atoms with Gasteiger partial charge in [0.2, 0.25) is 0 Å². The summed E-state index contributed by atoms with van der Waals surface area (Å²) in [6, 6.07) is 13.6. The summed E-state index contributed by atoms with van der Waals surface area (Å²) >= 11 is 0. The molecule has 0 spiro atoms. The summed E-state index contributed by atoms with van der Waals surface area (Å²) in [6.45, 7) is 3.57. The Hall–Kier alpha value is -3.68. The highest BCUT2D eigenvalue weighted by atomic mass is 16.5. The topological polar surface area (TPSA) is 95.3 Å². The van der Waals surface area contributed by atoms with E-state index in [0.717, 1.165) is 11.3 Å². The molecule has 1 aromatic heterocycles. The van der Waals surface area contributed by atoms with Crippen LogP contribution in [-0.4, -0.2) is 39.9 Å². The second-order valence-corrected chi connectivity index (χ2v) is 6.93. The van der Waals surface area contributed by atoms with Crippen LogP contribution in [0.4, 0.5) is 0 Å². The van der Waals surface area contributed by atoms with Gasteiger partial charge in [-0.25, -0.2) is 9.67 Å². The molecule has 1 heterocycles. The van der Waals surface area contributed by atoms with Crippen LogP contribution < -0.4 is 10.1 Å². The third kappa shape index (κ3) is 5.44. The largest absolute Gasteiger partial charge is 0.497 e. The molecule has 0 aliphatic rings. The van der Waals surface area contributed by atoms with Crippen molar-refractivity contribution < 1.29 is 19.1 Å². The minimum absolute atomic E-state index is 0.0211. The standard InChI is InChI=1S/C22H24N4O4/c1-15(2)30-21(27)12-20(16-6-10-19(29-3)11-7-16)25-22(28)17-4-8-18(9-5-17)26-14-23-13-24-26/h4-11,13-15,20H,12H2,1-3H3,(H,25,28)/t20-/m1/s1. The molecular formula is C22H24N4O4. The molecule has 3 aromatic rings. The maximum absolute atomic E-state index is 12.8. The zero-order chi connectivity index (χ0) is 21.5. The molecule has 1 amide bonds. The van der Waals surface area contributed by atoms with Crippen LogP contribution in [0.3, 0.4) is 0 Å². The van der Waals surface area contributed by atoms with Crippen molar-refractivity contribution in [3.8, 4) is 11.4 Å². The number of carbonyl (C=O) groups is 2. The van der Waals surface area contributed by atoms with Crippen molar-refractivity contribution >= 4 is 11.9 Å². The van der Waals surface area contributed by atoms with Crippen molar-refractivity contribution in [2.75, 3.05) is 7.11 Å².